The monoisotopic (exact) mass is 272 g/mol. The van der Waals surface area contributed by atoms with Gasteiger partial charge in [-0.05, 0) is 65.2 Å². The van der Waals surface area contributed by atoms with Gasteiger partial charge in [0, 0.05) is 0 Å². The highest BCUT2D eigenvalue weighted by molar-refractivity contribution is 5.20. The summed E-state index contributed by atoms with van der Waals surface area (Å²) < 4.78 is 0. The van der Waals surface area contributed by atoms with Gasteiger partial charge in [-0.3, -0.25) is 0 Å². The van der Waals surface area contributed by atoms with Gasteiger partial charge in [-0.25, -0.2) is 0 Å². The third-order valence-corrected chi connectivity index (χ3v) is 4.19. The topological polar surface area (TPSA) is 0 Å². The lowest BCUT2D eigenvalue weighted by Crippen LogP contribution is -1.95. The maximum absolute atomic E-state index is 2.43. The predicted molar refractivity (Wildman–Crippen MR) is 91.9 cm³/mol. The first-order chi connectivity index (χ1) is 9.49. The Labute approximate surface area is 126 Å². The van der Waals surface area contributed by atoms with Crippen molar-refractivity contribution in [2.75, 3.05) is 0 Å². The van der Waals surface area contributed by atoms with Gasteiger partial charge in [-0.1, -0.05) is 60.4 Å². The van der Waals surface area contributed by atoms with Crippen LogP contribution in [0.15, 0.2) is 46.6 Å². The minimum atomic E-state index is 0.655. The summed E-state index contributed by atoms with van der Waals surface area (Å²) in [5.74, 6) is 0.655. The zero-order chi connectivity index (χ0) is 15.0. The summed E-state index contributed by atoms with van der Waals surface area (Å²) in [5.41, 5.74) is 6.16. The molecular weight excluding hydrogens is 240 g/mol. The van der Waals surface area contributed by atoms with E-state index in [1.165, 1.54) is 49.7 Å². The fraction of sp³-hybridized carbons (Fsp3) is 0.600. The molecule has 0 aliphatic heterocycles. The first-order valence-corrected chi connectivity index (χ1v) is 8.16. The van der Waals surface area contributed by atoms with Gasteiger partial charge in [0.1, 0.15) is 0 Å². The van der Waals surface area contributed by atoms with Gasteiger partial charge in [0.25, 0.3) is 0 Å². The molecule has 0 heterocycles. The van der Waals surface area contributed by atoms with Crippen LogP contribution < -0.4 is 0 Å². The lowest BCUT2D eigenvalue weighted by molar-refractivity contribution is 0.706. The van der Waals surface area contributed by atoms with Crippen molar-refractivity contribution in [3.63, 3.8) is 0 Å². The van der Waals surface area contributed by atoms with E-state index in [1.54, 1.807) is 11.1 Å². The summed E-state index contributed by atoms with van der Waals surface area (Å²) in [4.78, 5) is 0. The zero-order valence-electron chi connectivity index (χ0n) is 14.1. The molecule has 1 aliphatic rings. The Kier molecular flexibility index (Phi) is 7.65. The van der Waals surface area contributed by atoms with Crippen LogP contribution in [-0.2, 0) is 0 Å². The predicted octanol–water partition coefficient (Wildman–Crippen LogP) is 6.76. The number of allylic oxidation sites excluding steroid dienone is 8. The molecule has 0 fully saturated rings. The Bertz CT molecular complexity index is 413. The van der Waals surface area contributed by atoms with Crippen molar-refractivity contribution in [2.24, 2.45) is 5.92 Å². The Morgan fingerprint density at radius 2 is 1.25 bits per heavy atom. The summed E-state index contributed by atoms with van der Waals surface area (Å²) in [6.07, 6.45) is 16.8. The maximum Gasteiger partial charge on any atom is -0.0257 e. The minimum absolute atomic E-state index is 0.655. The van der Waals surface area contributed by atoms with E-state index in [1.807, 2.05) is 0 Å². The fourth-order valence-electron chi connectivity index (χ4n) is 2.54. The van der Waals surface area contributed by atoms with Crippen LogP contribution in [0.3, 0.4) is 0 Å². The molecule has 20 heavy (non-hydrogen) atoms. The molecule has 0 saturated carbocycles. The van der Waals surface area contributed by atoms with E-state index in [4.69, 9.17) is 0 Å². The fourth-order valence-corrected chi connectivity index (χ4v) is 2.54. The van der Waals surface area contributed by atoms with Crippen LogP contribution in [0.4, 0.5) is 0 Å². The highest BCUT2D eigenvalue weighted by Crippen LogP contribution is 2.21. The van der Waals surface area contributed by atoms with Crippen LogP contribution >= 0.6 is 0 Å². The third-order valence-electron chi connectivity index (χ3n) is 4.19. The smallest absolute Gasteiger partial charge is 0.0257 e. The van der Waals surface area contributed by atoms with E-state index in [2.05, 4.69) is 58.9 Å². The highest BCUT2D eigenvalue weighted by Gasteiger charge is 2.03. The Morgan fingerprint density at radius 1 is 0.700 bits per heavy atom. The molecule has 0 spiro atoms. The van der Waals surface area contributed by atoms with Crippen molar-refractivity contribution < 1.29 is 0 Å². The van der Waals surface area contributed by atoms with Crippen LogP contribution in [0.25, 0.3) is 0 Å². The van der Waals surface area contributed by atoms with Crippen LogP contribution in [-0.4, -0.2) is 0 Å². The molecule has 0 heteroatoms. The van der Waals surface area contributed by atoms with E-state index in [0.717, 1.165) is 0 Å². The molecule has 1 aliphatic carbocycles. The average Bonchev–Trinajstić information content (AvgIpc) is 2.37. The van der Waals surface area contributed by atoms with E-state index in [9.17, 15) is 0 Å². The van der Waals surface area contributed by atoms with Crippen molar-refractivity contribution in [3.05, 3.63) is 46.6 Å². The number of hydrogen-bond donors (Lipinski definition) is 0. The van der Waals surface area contributed by atoms with Crippen molar-refractivity contribution in [1.29, 1.82) is 0 Å². The van der Waals surface area contributed by atoms with Gasteiger partial charge in [0.2, 0.25) is 0 Å². The van der Waals surface area contributed by atoms with Crippen LogP contribution in [0.5, 0.6) is 0 Å². The molecule has 1 rings (SSSR count). The average molecular weight is 272 g/mol. The molecule has 112 valence electrons. The lowest BCUT2D eigenvalue weighted by Gasteiger charge is -2.12. The molecule has 0 nitrogen and oxygen atoms in total. The zero-order valence-corrected chi connectivity index (χ0v) is 14.1. The third kappa shape index (κ3) is 6.93. The Hall–Kier alpha value is -1.04. The Morgan fingerprint density at radius 3 is 1.85 bits per heavy atom. The standard InChI is InChI=1S/C20H32/c1-16(2)20-14-12-18(4)10-6-8-17(3)9-7-11-19(5)13-15-20/h8,11-12,14,16H,6-7,9-10,13,15H2,1-5H3/b17-8+,18-12+,19-11-,20-14+. The van der Waals surface area contributed by atoms with Gasteiger partial charge in [0.15, 0.2) is 0 Å². The summed E-state index contributed by atoms with van der Waals surface area (Å²) >= 11 is 0. The molecule has 0 saturated heterocycles. The van der Waals surface area contributed by atoms with Crippen LogP contribution in [0, 0.1) is 5.92 Å². The second-order valence-corrected chi connectivity index (χ2v) is 6.59. The van der Waals surface area contributed by atoms with Gasteiger partial charge < -0.3 is 0 Å². The molecule has 0 aromatic heterocycles. The summed E-state index contributed by atoms with van der Waals surface area (Å²) in [7, 11) is 0. The molecule has 0 N–H and O–H groups in total. The van der Waals surface area contributed by atoms with E-state index >= 15 is 0 Å². The van der Waals surface area contributed by atoms with Crippen LogP contribution in [0.1, 0.15) is 73.1 Å². The molecule has 0 unspecified atom stereocenters. The molecule has 0 atom stereocenters. The van der Waals surface area contributed by atoms with Gasteiger partial charge in [-0.2, -0.15) is 0 Å². The Balaban J connectivity index is 2.87. The van der Waals surface area contributed by atoms with Crippen LogP contribution in [0.2, 0.25) is 0 Å². The summed E-state index contributed by atoms with van der Waals surface area (Å²) in [5, 5.41) is 0. The van der Waals surface area contributed by atoms with Crippen molar-refractivity contribution in [3.8, 4) is 0 Å². The van der Waals surface area contributed by atoms with E-state index in [-0.39, 0.29) is 0 Å². The molecule has 0 aromatic carbocycles. The van der Waals surface area contributed by atoms with E-state index < -0.39 is 0 Å². The molecule has 0 amide bonds. The second-order valence-electron chi connectivity index (χ2n) is 6.59. The summed E-state index contributed by atoms with van der Waals surface area (Å²) in [6.45, 7) is 11.4. The van der Waals surface area contributed by atoms with Crippen molar-refractivity contribution in [1.82, 2.24) is 0 Å². The van der Waals surface area contributed by atoms with Gasteiger partial charge in [0.05, 0.1) is 0 Å². The van der Waals surface area contributed by atoms with Crippen molar-refractivity contribution in [2.45, 2.75) is 73.1 Å². The quantitative estimate of drug-likeness (QED) is 0.462. The molecule has 0 bridgehead atoms. The molecular formula is C20H32. The highest BCUT2D eigenvalue weighted by atomic mass is 14.1. The minimum Gasteiger partial charge on any atom is -0.0853 e. The van der Waals surface area contributed by atoms with E-state index in [0.29, 0.717) is 5.92 Å². The normalized spacial score (nSPS) is 30.1. The number of hydrogen-bond acceptors (Lipinski definition) is 0. The van der Waals surface area contributed by atoms with Gasteiger partial charge >= 0.3 is 0 Å². The van der Waals surface area contributed by atoms with Crippen molar-refractivity contribution >= 4 is 0 Å². The summed E-state index contributed by atoms with van der Waals surface area (Å²) in [6, 6.07) is 0. The SMILES string of the molecule is C/C1=C/CC/C(C)=C/CC/C(C)=C/C=C(/C(C)C)CC1. The first kappa shape index (κ1) is 17.0. The number of rotatable bonds is 1. The molecule has 0 radical (unpaired) electrons. The molecule has 0 aromatic rings. The lowest BCUT2D eigenvalue weighted by atomic mass is 9.94. The first-order valence-electron chi connectivity index (χ1n) is 8.16. The van der Waals surface area contributed by atoms with Gasteiger partial charge in [-0.15, -0.1) is 0 Å². The largest absolute Gasteiger partial charge is 0.0853 e. The second kappa shape index (κ2) is 9.00. The maximum atomic E-state index is 2.43.